The van der Waals surface area contributed by atoms with Crippen molar-refractivity contribution in [3.05, 3.63) is 70.4 Å². The van der Waals surface area contributed by atoms with E-state index in [1.165, 1.54) is 0 Å². The molecule has 0 spiro atoms. The van der Waals surface area contributed by atoms with E-state index in [-0.39, 0.29) is 31.3 Å². The zero-order valence-electron chi connectivity index (χ0n) is 25.0. The fraction of sp³-hybridized carbons (Fsp3) is 0.438. The average molecular weight is 610 g/mol. The third-order valence-electron chi connectivity index (χ3n) is 8.28. The lowest BCUT2D eigenvalue weighted by Crippen LogP contribution is -2.67. The number of aromatic nitrogens is 1. The van der Waals surface area contributed by atoms with E-state index in [2.05, 4.69) is 20.9 Å². The quantitative estimate of drug-likeness (QED) is 0.221. The first-order chi connectivity index (χ1) is 20.5. The summed E-state index contributed by atoms with van der Waals surface area (Å²) >= 11 is 6.59. The number of rotatable bonds is 11. The van der Waals surface area contributed by atoms with Crippen molar-refractivity contribution in [2.45, 2.75) is 77.6 Å². The predicted molar refractivity (Wildman–Crippen MR) is 165 cm³/mol. The Morgan fingerprint density at radius 3 is 2.40 bits per heavy atom. The zero-order chi connectivity index (χ0) is 31.3. The molecule has 0 saturated heterocycles. The summed E-state index contributed by atoms with van der Waals surface area (Å²) in [5, 5.41) is 9.80. The number of nitrogens with two attached hydrogens (primary N) is 1. The second-order valence-electron chi connectivity index (χ2n) is 11.7. The van der Waals surface area contributed by atoms with E-state index in [0.717, 1.165) is 27.7 Å². The number of primary amides is 1. The molecule has 0 saturated carbocycles. The minimum atomic E-state index is -1.44. The van der Waals surface area contributed by atoms with Crippen molar-refractivity contribution in [1.82, 2.24) is 20.9 Å². The van der Waals surface area contributed by atoms with Crippen LogP contribution in [-0.4, -0.2) is 46.4 Å². The molecular weight excluding hydrogens is 570 g/mol. The summed E-state index contributed by atoms with van der Waals surface area (Å²) in [6.07, 6.45) is 0.647. The lowest BCUT2D eigenvalue weighted by Gasteiger charge is -2.39. The summed E-state index contributed by atoms with van der Waals surface area (Å²) < 4.78 is 5.39. The van der Waals surface area contributed by atoms with Crippen LogP contribution in [0.4, 0.5) is 4.79 Å². The van der Waals surface area contributed by atoms with Gasteiger partial charge >= 0.3 is 6.09 Å². The topological polar surface area (TPSA) is 155 Å². The van der Waals surface area contributed by atoms with Crippen LogP contribution in [0.3, 0.4) is 0 Å². The van der Waals surface area contributed by atoms with Crippen LogP contribution in [0.1, 0.15) is 57.4 Å². The molecule has 0 fully saturated rings. The third-order valence-corrected chi connectivity index (χ3v) is 8.60. The highest BCUT2D eigenvalue weighted by molar-refractivity contribution is 6.35. The number of aromatic amines is 1. The summed E-state index contributed by atoms with van der Waals surface area (Å²) in [6, 6.07) is 12.8. The minimum Gasteiger partial charge on any atom is -0.445 e. The molecule has 1 aliphatic rings. The number of ether oxygens (including phenoxy) is 1. The molecule has 10 nitrogen and oxygen atoms in total. The van der Waals surface area contributed by atoms with E-state index in [0.29, 0.717) is 17.9 Å². The van der Waals surface area contributed by atoms with Gasteiger partial charge in [0.1, 0.15) is 24.2 Å². The average Bonchev–Trinajstić information content (AvgIpc) is 3.35. The maximum atomic E-state index is 14.1. The van der Waals surface area contributed by atoms with Gasteiger partial charge in [-0.15, -0.1) is 0 Å². The number of carbonyl (C=O) groups is 4. The molecule has 3 aromatic rings. The Labute approximate surface area is 256 Å². The second-order valence-corrected chi connectivity index (χ2v) is 12.1. The van der Waals surface area contributed by atoms with Crippen molar-refractivity contribution < 1.29 is 23.9 Å². The summed E-state index contributed by atoms with van der Waals surface area (Å²) in [4.78, 5) is 56.5. The van der Waals surface area contributed by atoms with Gasteiger partial charge in [-0.05, 0) is 47.9 Å². The normalized spacial score (nSPS) is 18.3. The number of fused-ring (bicyclic) bond motifs is 3. The number of nitrogens with one attached hydrogen (secondary N) is 4. The molecule has 0 aliphatic heterocycles. The lowest BCUT2D eigenvalue weighted by molar-refractivity contribution is -0.137. The Bertz CT molecular complexity index is 1490. The molecular formula is C32H40ClN5O5. The highest BCUT2D eigenvalue weighted by Gasteiger charge is 2.46. The molecule has 11 heteroatoms. The van der Waals surface area contributed by atoms with E-state index < -0.39 is 41.4 Å². The Morgan fingerprint density at radius 2 is 1.74 bits per heavy atom. The number of hydrogen-bond donors (Lipinski definition) is 5. The molecule has 1 aromatic heterocycles. The lowest BCUT2D eigenvalue weighted by atomic mass is 9.78. The highest BCUT2D eigenvalue weighted by atomic mass is 35.5. The van der Waals surface area contributed by atoms with Gasteiger partial charge in [-0.2, -0.15) is 0 Å². The Balaban J connectivity index is 1.64. The monoisotopic (exact) mass is 609 g/mol. The molecule has 43 heavy (non-hydrogen) atoms. The fourth-order valence-electron chi connectivity index (χ4n) is 5.57. The highest BCUT2D eigenvalue weighted by Crippen LogP contribution is 2.37. The number of aryl methyl sites for hydroxylation is 1. The molecule has 6 N–H and O–H groups in total. The van der Waals surface area contributed by atoms with Crippen LogP contribution >= 0.6 is 11.6 Å². The van der Waals surface area contributed by atoms with Crippen LogP contribution in [0.25, 0.3) is 10.9 Å². The van der Waals surface area contributed by atoms with Crippen LogP contribution < -0.4 is 21.7 Å². The molecule has 0 bridgehead atoms. The predicted octanol–water partition coefficient (Wildman–Crippen LogP) is 4.13. The molecule has 4 amide bonds. The summed E-state index contributed by atoms with van der Waals surface area (Å²) in [5.41, 5.74) is 7.56. The first-order valence-electron chi connectivity index (χ1n) is 14.6. The molecule has 4 atom stereocenters. The van der Waals surface area contributed by atoms with Crippen LogP contribution in [0, 0.1) is 11.8 Å². The van der Waals surface area contributed by atoms with Gasteiger partial charge in [-0.25, -0.2) is 4.79 Å². The summed E-state index contributed by atoms with van der Waals surface area (Å²) in [5.74, 6) is -2.28. The third kappa shape index (κ3) is 7.13. The Hall–Kier alpha value is -4.05. The number of halogens is 1. The van der Waals surface area contributed by atoms with Gasteiger partial charge in [0, 0.05) is 23.0 Å². The van der Waals surface area contributed by atoms with E-state index in [1.54, 1.807) is 19.9 Å². The standard InChI is InChI=1S/C32H40ClN5O5/c1-5-19(4)27(37-31(42)43-17-20-10-7-6-8-11-20)29(40)38-32(30(41)36-26(18(2)3)28(34)39)15-14-23-21(16-32)25-22(33)12-9-13-24(25)35-23/h6-13,18-19,26-27,35H,5,14-17H2,1-4H3,(H2,34,39)(H,36,41)(H,37,42)(H,38,40)/t19-,26-,27-,32+/m0/s1. The van der Waals surface area contributed by atoms with Gasteiger partial charge in [-0.1, -0.05) is 82.1 Å². The molecule has 230 valence electrons. The number of carbonyl (C=O) groups excluding carboxylic acids is 4. The number of benzene rings is 2. The van der Waals surface area contributed by atoms with Crippen LogP contribution in [0.15, 0.2) is 48.5 Å². The van der Waals surface area contributed by atoms with E-state index in [1.807, 2.05) is 56.3 Å². The molecule has 1 heterocycles. The minimum absolute atomic E-state index is 0.0433. The summed E-state index contributed by atoms with van der Waals surface area (Å²) in [6.45, 7) is 7.36. The van der Waals surface area contributed by atoms with Gasteiger partial charge < -0.3 is 31.4 Å². The van der Waals surface area contributed by atoms with Gasteiger partial charge in [-0.3, -0.25) is 14.4 Å². The van der Waals surface area contributed by atoms with E-state index in [4.69, 9.17) is 22.1 Å². The molecule has 0 unspecified atom stereocenters. The molecule has 1 aliphatic carbocycles. The second kappa shape index (κ2) is 13.5. The van der Waals surface area contributed by atoms with E-state index in [9.17, 15) is 19.2 Å². The molecule has 4 rings (SSSR count). The first kappa shape index (κ1) is 31.9. The number of H-pyrrole nitrogens is 1. The smallest absolute Gasteiger partial charge is 0.408 e. The van der Waals surface area contributed by atoms with Crippen molar-refractivity contribution in [2.75, 3.05) is 0 Å². The Morgan fingerprint density at radius 1 is 1.02 bits per heavy atom. The molecule has 2 aromatic carbocycles. The van der Waals surface area contributed by atoms with Gasteiger partial charge in [0.25, 0.3) is 0 Å². The van der Waals surface area contributed by atoms with Gasteiger partial charge in [0.15, 0.2) is 0 Å². The SMILES string of the molecule is CC[C@H](C)[C@H](NC(=O)OCc1ccccc1)C(=O)N[C@]1(C(=O)N[C@H](C(N)=O)C(C)C)CCc2[nH]c3cccc(Cl)c3c2C1. The van der Waals surface area contributed by atoms with Crippen molar-refractivity contribution in [3.63, 3.8) is 0 Å². The number of amides is 4. The van der Waals surface area contributed by atoms with Crippen LogP contribution in [0.5, 0.6) is 0 Å². The van der Waals surface area contributed by atoms with Crippen molar-refractivity contribution in [2.24, 2.45) is 17.6 Å². The maximum absolute atomic E-state index is 14.1. The van der Waals surface area contributed by atoms with E-state index >= 15 is 0 Å². The first-order valence-corrected chi connectivity index (χ1v) is 15.0. The number of hydrogen-bond acceptors (Lipinski definition) is 5. The molecule has 0 radical (unpaired) electrons. The Kier molecular flexibility index (Phi) is 10.0. The van der Waals surface area contributed by atoms with Crippen LogP contribution in [0.2, 0.25) is 5.02 Å². The van der Waals surface area contributed by atoms with Gasteiger partial charge in [0.05, 0.1) is 5.02 Å². The number of alkyl carbamates (subject to hydrolysis) is 1. The van der Waals surface area contributed by atoms with Crippen molar-refractivity contribution >= 4 is 46.3 Å². The fourth-order valence-corrected chi connectivity index (χ4v) is 5.86. The van der Waals surface area contributed by atoms with Crippen molar-refractivity contribution in [1.29, 1.82) is 0 Å². The maximum Gasteiger partial charge on any atom is 0.408 e. The largest absolute Gasteiger partial charge is 0.445 e. The van der Waals surface area contributed by atoms with Gasteiger partial charge in [0.2, 0.25) is 17.7 Å². The zero-order valence-corrected chi connectivity index (χ0v) is 25.7. The summed E-state index contributed by atoms with van der Waals surface area (Å²) in [7, 11) is 0. The van der Waals surface area contributed by atoms with Crippen molar-refractivity contribution in [3.8, 4) is 0 Å². The van der Waals surface area contributed by atoms with Crippen LogP contribution in [-0.2, 0) is 38.6 Å².